The number of nitrogens with zero attached hydrogens (tertiary/aromatic N) is 6. The topological polar surface area (TPSA) is 161 Å². The fraction of sp³-hybridized carbons (Fsp3) is 0.465. The quantitative estimate of drug-likeness (QED) is 0.173. The number of amides is 4. The maximum atomic E-state index is 16.0. The third kappa shape index (κ3) is 8.92. The number of piperidine rings is 2. The van der Waals surface area contributed by atoms with E-state index in [1.54, 1.807) is 51.7 Å². The number of alkyl halides is 2. The van der Waals surface area contributed by atoms with Gasteiger partial charge in [0.05, 0.1) is 35.7 Å². The zero-order valence-electron chi connectivity index (χ0n) is 33.9. The monoisotopic (exact) mass is 844 g/mol. The largest absolute Gasteiger partial charge is 0.385 e. The number of rotatable bonds is 10. The van der Waals surface area contributed by atoms with Crippen molar-refractivity contribution in [1.29, 1.82) is 0 Å². The number of benzene rings is 2. The van der Waals surface area contributed by atoms with Gasteiger partial charge < -0.3 is 25.8 Å². The van der Waals surface area contributed by atoms with Crippen molar-refractivity contribution in [2.24, 2.45) is 11.1 Å². The molecule has 1 spiro atoms. The second-order valence-electron chi connectivity index (χ2n) is 15.9. The second kappa shape index (κ2) is 17.9. The number of fused-ring (bicyclic) bond motifs is 2. The van der Waals surface area contributed by atoms with Crippen LogP contribution in [0.1, 0.15) is 82.7 Å². The molecule has 1 aromatic heterocycles. The van der Waals surface area contributed by atoms with Crippen molar-refractivity contribution in [3.8, 4) is 11.8 Å². The van der Waals surface area contributed by atoms with Crippen molar-refractivity contribution in [2.75, 3.05) is 75.1 Å². The van der Waals surface area contributed by atoms with E-state index < -0.39 is 29.7 Å². The predicted molar refractivity (Wildman–Crippen MR) is 226 cm³/mol. The number of carbonyl (C=O) groups is 4. The highest BCUT2D eigenvalue weighted by Crippen LogP contribution is 2.51. The highest BCUT2D eigenvalue weighted by atomic mass is 35.5. The van der Waals surface area contributed by atoms with Crippen LogP contribution in [-0.2, 0) is 16.0 Å². The van der Waals surface area contributed by atoms with Crippen LogP contribution in [0, 0.1) is 17.3 Å². The summed E-state index contributed by atoms with van der Waals surface area (Å²) in [7, 11) is 3.52. The molecule has 5 N–H and O–H groups in total. The lowest BCUT2D eigenvalue weighted by atomic mass is 9.68. The number of nitrogens with two attached hydrogens (primary N) is 1. The van der Waals surface area contributed by atoms with Crippen molar-refractivity contribution in [2.45, 2.75) is 63.5 Å². The van der Waals surface area contributed by atoms with Crippen LogP contribution in [0.3, 0.4) is 0 Å². The molecule has 3 fully saturated rings. The van der Waals surface area contributed by atoms with Crippen LogP contribution in [0.2, 0.25) is 5.02 Å². The number of aromatic nitrogens is 2. The molecular weight excluding hydrogens is 794 g/mol. The molecule has 4 aliphatic heterocycles. The molecule has 1 unspecified atom stereocenters. The summed E-state index contributed by atoms with van der Waals surface area (Å²) in [5, 5.41) is 5.64. The molecule has 4 amide bonds. The Kier molecular flexibility index (Phi) is 12.7. The van der Waals surface area contributed by atoms with Gasteiger partial charge in [0.1, 0.15) is 11.9 Å². The van der Waals surface area contributed by atoms with Gasteiger partial charge in [0, 0.05) is 75.5 Å². The minimum atomic E-state index is -2.96. The molecule has 5 aliphatic rings. The summed E-state index contributed by atoms with van der Waals surface area (Å²) >= 11 is 6.41. The van der Waals surface area contributed by atoms with Gasteiger partial charge in [-0.1, -0.05) is 48.8 Å². The minimum absolute atomic E-state index is 0.0525. The second-order valence-corrected chi connectivity index (χ2v) is 16.3. The average molecular weight is 845 g/mol. The lowest BCUT2D eigenvalue weighted by Crippen LogP contribution is -2.59. The molecule has 2 saturated heterocycles. The maximum Gasteiger partial charge on any atom is 0.268 e. The molecule has 17 heteroatoms. The first kappa shape index (κ1) is 42.5. The molecule has 1 aliphatic carbocycles. The number of likely N-dealkylation sites (tertiary alicyclic amines) is 2. The third-order valence-corrected chi connectivity index (χ3v) is 12.3. The molecule has 0 bridgehead atoms. The fourth-order valence-corrected chi connectivity index (χ4v) is 8.60. The van der Waals surface area contributed by atoms with Gasteiger partial charge in [0.25, 0.3) is 17.7 Å². The van der Waals surface area contributed by atoms with Crippen molar-refractivity contribution < 1.29 is 28.0 Å². The van der Waals surface area contributed by atoms with E-state index in [2.05, 4.69) is 37.8 Å². The summed E-state index contributed by atoms with van der Waals surface area (Å²) in [4.78, 5) is 59.5. The van der Waals surface area contributed by atoms with Gasteiger partial charge in [-0.05, 0) is 67.7 Å². The Labute approximate surface area is 353 Å². The van der Waals surface area contributed by atoms with Crippen LogP contribution >= 0.6 is 11.6 Å². The van der Waals surface area contributed by atoms with Crippen molar-refractivity contribution >= 4 is 52.8 Å². The lowest BCUT2D eigenvalue weighted by Gasteiger charge is -2.51. The number of halogens is 3. The standard InChI is InChI=1S/C40H45ClF2N10O4.C3H6/c1-45-30-22-34(48-53-33(36(44)56)23-46-37(30)53)52-17-10-28-26(5-3-7-31(28)52)6-4-15-50-18-12-39(40(42,43)24-50)13-19-51(20-14-39)38(57)27-8-9-29(41)32(21-27)49(2)16-11-35(55)47-25-54;1-2-3-1/h3,5,7-9,21-23,25,34,45,48H,10-20,24H2,1-2H3,(H2,44,56)(H,47,54,55);1-3H2. The Morgan fingerprint density at radius 1 is 1.10 bits per heavy atom. The van der Waals surface area contributed by atoms with Gasteiger partial charge in [0.2, 0.25) is 12.3 Å². The summed E-state index contributed by atoms with van der Waals surface area (Å²) < 4.78 is 33.7. The SMILES string of the molecule is C1CC1.CNC1=CC(N2CCc3c(C#CCN4CCC5(CCN(C(=O)c6ccc(Cl)c(N(C)CCC(=O)NC=O)c6)CC5)C(F)(F)C4)cccc32)Nn2c(C(N)=O)cnc21. The minimum Gasteiger partial charge on any atom is -0.385 e. The zero-order chi connectivity index (χ0) is 42.6. The van der Waals surface area contributed by atoms with E-state index >= 15 is 8.78 Å². The molecule has 0 radical (unpaired) electrons. The van der Waals surface area contributed by atoms with Crippen molar-refractivity contribution in [1.82, 2.24) is 30.1 Å². The van der Waals surface area contributed by atoms with E-state index in [-0.39, 0.29) is 63.2 Å². The van der Waals surface area contributed by atoms with E-state index in [1.807, 2.05) is 24.3 Å². The Morgan fingerprint density at radius 2 is 1.85 bits per heavy atom. The van der Waals surface area contributed by atoms with Gasteiger partial charge >= 0.3 is 0 Å². The highest BCUT2D eigenvalue weighted by Gasteiger charge is 2.57. The summed E-state index contributed by atoms with van der Waals surface area (Å²) in [5.41, 5.74) is 12.6. The molecule has 3 aromatic rings. The van der Waals surface area contributed by atoms with E-state index in [4.69, 9.17) is 17.3 Å². The Bertz CT molecular complexity index is 2220. The van der Waals surface area contributed by atoms with Gasteiger partial charge in [-0.25, -0.2) is 18.4 Å². The number of anilines is 2. The molecule has 2 aromatic carbocycles. The van der Waals surface area contributed by atoms with Crippen molar-refractivity contribution in [3.63, 3.8) is 0 Å². The molecule has 1 saturated carbocycles. The number of hydrogen-bond acceptors (Lipinski definition) is 10. The summed E-state index contributed by atoms with van der Waals surface area (Å²) in [6.07, 6.45) is 9.46. The first-order valence-electron chi connectivity index (χ1n) is 20.4. The Hall–Kier alpha value is -5.66. The fourth-order valence-electron chi connectivity index (χ4n) is 8.33. The number of nitrogens with one attached hydrogen (secondary N) is 3. The molecule has 1 atom stereocenters. The van der Waals surface area contributed by atoms with E-state index in [9.17, 15) is 19.2 Å². The maximum absolute atomic E-state index is 16.0. The first-order chi connectivity index (χ1) is 28.8. The lowest BCUT2D eigenvalue weighted by molar-refractivity contribution is -0.183. The van der Waals surface area contributed by atoms with E-state index in [0.717, 1.165) is 28.9 Å². The van der Waals surface area contributed by atoms with Crippen molar-refractivity contribution in [3.05, 3.63) is 81.9 Å². The van der Waals surface area contributed by atoms with Crippen LogP contribution in [0.5, 0.6) is 0 Å². The van der Waals surface area contributed by atoms with Crippen LogP contribution in [0.25, 0.3) is 5.70 Å². The van der Waals surface area contributed by atoms with E-state index in [0.29, 0.717) is 48.0 Å². The highest BCUT2D eigenvalue weighted by molar-refractivity contribution is 6.33. The van der Waals surface area contributed by atoms with Crippen LogP contribution < -0.4 is 31.6 Å². The number of imide groups is 1. The van der Waals surface area contributed by atoms with E-state index in [1.165, 1.54) is 25.5 Å². The molecule has 60 heavy (non-hydrogen) atoms. The van der Waals surface area contributed by atoms with Gasteiger partial charge in [-0.15, -0.1) is 0 Å². The van der Waals surface area contributed by atoms with Gasteiger partial charge in [-0.3, -0.25) is 34.8 Å². The smallest absolute Gasteiger partial charge is 0.268 e. The molecule has 318 valence electrons. The Balaban J connectivity index is 0.00000174. The zero-order valence-corrected chi connectivity index (χ0v) is 34.7. The summed E-state index contributed by atoms with van der Waals surface area (Å²) in [5.74, 6) is 2.74. The molecular formula is C43H51ClF2N10O4. The normalized spacial score (nSPS) is 19.6. The van der Waals surface area contributed by atoms with Gasteiger partial charge in [-0.2, -0.15) is 0 Å². The summed E-state index contributed by atoms with van der Waals surface area (Å²) in [6, 6.07) is 10.8. The van der Waals surface area contributed by atoms with Crippen LogP contribution in [-0.4, -0.2) is 116 Å². The predicted octanol–water partition coefficient (Wildman–Crippen LogP) is 4.03. The van der Waals surface area contributed by atoms with Crippen LogP contribution in [0.15, 0.2) is 48.7 Å². The molecule has 5 heterocycles. The number of imidazole rings is 1. The van der Waals surface area contributed by atoms with Gasteiger partial charge in [0.15, 0.2) is 5.82 Å². The molecule has 8 rings (SSSR count). The number of hydrogen-bond donors (Lipinski definition) is 4. The first-order valence-corrected chi connectivity index (χ1v) is 20.8. The third-order valence-electron chi connectivity index (χ3n) is 12.0. The molecule has 14 nitrogen and oxygen atoms in total. The average Bonchev–Trinajstić information content (AvgIpc) is 3.96. The van der Waals surface area contributed by atoms with Crippen LogP contribution in [0.4, 0.5) is 20.2 Å². The summed E-state index contributed by atoms with van der Waals surface area (Å²) in [6.45, 7) is 1.67. The number of carbonyl (C=O) groups excluding carboxylic acids is 4. The number of primary amides is 1. The Morgan fingerprint density at radius 3 is 2.53 bits per heavy atom.